The van der Waals surface area contributed by atoms with Crippen molar-refractivity contribution in [3.8, 4) is 0 Å². The second-order valence-corrected chi connectivity index (χ2v) is 2.88. The molecule has 0 bridgehead atoms. The lowest BCUT2D eigenvalue weighted by Crippen LogP contribution is -1.89. The SMILES string of the molecule is [C-]#[N+]c1cc2c(cn1)c(C)nn2C. The number of fused-ring (bicyclic) bond motifs is 1. The molecule has 0 aromatic carbocycles. The predicted octanol–water partition coefficient (Wildman–Crippen LogP) is 1.83. The summed E-state index contributed by atoms with van der Waals surface area (Å²) in [5.41, 5.74) is 1.90. The number of aryl methyl sites for hydroxylation is 2. The van der Waals surface area contributed by atoms with Crippen LogP contribution in [0, 0.1) is 13.5 Å². The minimum absolute atomic E-state index is 0.413. The van der Waals surface area contributed by atoms with Gasteiger partial charge in [0.2, 0.25) is 0 Å². The zero-order valence-corrected chi connectivity index (χ0v) is 7.44. The highest BCUT2D eigenvalue weighted by atomic mass is 15.3. The quantitative estimate of drug-likeness (QED) is 0.568. The Kier molecular flexibility index (Phi) is 1.52. The first-order valence-corrected chi connectivity index (χ1v) is 3.89. The molecule has 13 heavy (non-hydrogen) atoms. The van der Waals surface area contributed by atoms with E-state index in [1.54, 1.807) is 16.9 Å². The molecule has 0 saturated heterocycles. The summed E-state index contributed by atoms with van der Waals surface area (Å²) in [4.78, 5) is 7.26. The van der Waals surface area contributed by atoms with Gasteiger partial charge in [-0.3, -0.25) is 4.68 Å². The van der Waals surface area contributed by atoms with Gasteiger partial charge in [-0.25, -0.2) is 0 Å². The van der Waals surface area contributed by atoms with E-state index in [1.807, 2.05) is 14.0 Å². The van der Waals surface area contributed by atoms with Gasteiger partial charge in [-0.05, 0) is 13.0 Å². The topological polar surface area (TPSA) is 35.1 Å². The van der Waals surface area contributed by atoms with E-state index >= 15 is 0 Å². The van der Waals surface area contributed by atoms with Crippen molar-refractivity contribution in [2.24, 2.45) is 7.05 Å². The fourth-order valence-corrected chi connectivity index (χ4v) is 1.37. The molecule has 0 amide bonds. The third kappa shape index (κ3) is 1.05. The van der Waals surface area contributed by atoms with Gasteiger partial charge in [0.1, 0.15) is 6.20 Å². The summed E-state index contributed by atoms with van der Waals surface area (Å²) in [6, 6.07) is 1.75. The first-order valence-electron chi connectivity index (χ1n) is 3.89. The van der Waals surface area contributed by atoms with Crippen LogP contribution in [0.25, 0.3) is 15.7 Å². The minimum atomic E-state index is 0.413. The highest BCUT2D eigenvalue weighted by Gasteiger charge is 2.06. The summed E-state index contributed by atoms with van der Waals surface area (Å²) < 4.78 is 1.76. The van der Waals surface area contributed by atoms with Crippen molar-refractivity contribution < 1.29 is 0 Å². The molecule has 4 nitrogen and oxygen atoms in total. The standard InChI is InChI=1S/C9H8N4/c1-6-7-5-11-9(10-2)4-8(7)13(3)12-6/h4-5H,1,3H3. The van der Waals surface area contributed by atoms with E-state index in [0.29, 0.717) is 5.82 Å². The molecule has 0 radical (unpaired) electrons. The number of hydrogen-bond donors (Lipinski definition) is 0. The van der Waals surface area contributed by atoms with E-state index in [9.17, 15) is 0 Å². The van der Waals surface area contributed by atoms with E-state index in [1.165, 1.54) is 0 Å². The Labute approximate surface area is 75.6 Å². The molecule has 0 spiro atoms. The number of rotatable bonds is 0. The van der Waals surface area contributed by atoms with Crippen LogP contribution < -0.4 is 0 Å². The number of aromatic nitrogens is 3. The molecule has 0 aliphatic carbocycles. The average molecular weight is 172 g/mol. The van der Waals surface area contributed by atoms with Crippen LogP contribution in [-0.4, -0.2) is 14.8 Å². The lowest BCUT2D eigenvalue weighted by molar-refractivity contribution is 0.783. The van der Waals surface area contributed by atoms with Gasteiger partial charge >= 0.3 is 0 Å². The monoisotopic (exact) mass is 172 g/mol. The van der Waals surface area contributed by atoms with Gasteiger partial charge in [-0.15, -0.1) is 4.98 Å². The zero-order valence-electron chi connectivity index (χ0n) is 7.44. The number of pyridine rings is 1. The van der Waals surface area contributed by atoms with Crippen molar-refractivity contribution in [3.63, 3.8) is 0 Å². The molecule has 2 rings (SSSR count). The predicted molar refractivity (Wildman–Crippen MR) is 49.5 cm³/mol. The van der Waals surface area contributed by atoms with Gasteiger partial charge in [-0.2, -0.15) is 5.10 Å². The van der Waals surface area contributed by atoms with E-state index in [-0.39, 0.29) is 0 Å². The third-order valence-electron chi connectivity index (χ3n) is 2.02. The number of hydrogen-bond acceptors (Lipinski definition) is 2. The molecule has 0 fully saturated rings. The molecular formula is C9H8N4. The van der Waals surface area contributed by atoms with Crippen LogP contribution in [-0.2, 0) is 7.05 Å². The van der Waals surface area contributed by atoms with Crippen LogP contribution in [0.1, 0.15) is 5.69 Å². The Morgan fingerprint density at radius 1 is 1.54 bits per heavy atom. The van der Waals surface area contributed by atoms with Crippen LogP contribution in [0.2, 0.25) is 0 Å². The molecule has 64 valence electrons. The molecule has 2 aromatic heterocycles. The van der Waals surface area contributed by atoms with Crippen molar-refractivity contribution in [1.82, 2.24) is 14.8 Å². The summed E-state index contributed by atoms with van der Waals surface area (Å²) in [5, 5.41) is 5.25. The van der Waals surface area contributed by atoms with Crippen molar-refractivity contribution >= 4 is 16.7 Å². The highest BCUT2D eigenvalue weighted by molar-refractivity contribution is 5.83. The van der Waals surface area contributed by atoms with E-state index in [4.69, 9.17) is 6.57 Å². The largest absolute Gasteiger partial charge is 0.361 e. The molecule has 4 heteroatoms. The van der Waals surface area contributed by atoms with E-state index < -0.39 is 0 Å². The fourth-order valence-electron chi connectivity index (χ4n) is 1.37. The second-order valence-electron chi connectivity index (χ2n) is 2.88. The van der Waals surface area contributed by atoms with Crippen LogP contribution in [0.4, 0.5) is 5.82 Å². The minimum Gasteiger partial charge on any atom is -0.361 e. The summed E-state index contributed by atoms with van der Waals surface area (Å²) in [5.74, 6) is 0.413. The normalized spacial score (nSPS) is 10.2. The Bertz CT molecular complexity index is 504. The van der Waals surface area contributed by atoms with Gasteiger partial charge in [0.15, 0.2) is 0 Å². The van der Waals surface area contributed by atoms with Crippen molar-refractivity contribution in [3.05, 3.63) is 29.4 Å². The summed E-state index contributed by atoms with van der Waals surface area (Å²) >= 11 is 0. The first-order chi connectivity index (χ1) is 6.22. The Morgan fingerprint density at radius 2 is 2.31 bits per heavy atom. The molecule has 0 aliphatic rings. The van der Waals surface area contributed by atoms with E-state index in [2.05, 4.69) is 14.9 Å². The van der Waals surface area contributed by atoms with Crippen LogP contribution in [0.15, 0.2) is 12.3 Å². The van der Waals surface area contributed by atoms with Crippen LogP contribution in [0.3, 0.4) is 0 Å². The summed E-state index contributed by atoms with van der Waals surface area (Å²) in [6.07, 6.45) is 1.70. The second kappa shape index (κ2) is 2.56. The Morgan fingerprint density at radius 3 is 3.00 bits per heavy atom. The Balaban J connectivity index is 2.86. The average Bonchev–Trinajstić information content (AvgIpc) is 2.42. The highest BCUT2D eigenvalue weighted by Crippen LogP contribution is 2.20. The van der Waals surface area contributed by atoms with Gasteiger partial charge in [0, 0.05) is 7.05 Å². The van der Waals surface area contributed by atoms with Gasteiger partial charge in [-0.1, -0.05) is 6.57 Å². The van der Waals surface area contributed by atoms with Crippen molar-refractivity contribution in [2.45, 2.75) is 6.92 Å². The van der Waals surface area contributed by atoms with Crippen LogP contribution >= 0.6 is 0 Å². The van der Waals surface area contributed by atoms with Crippen molar-refractivity contribution in [2.75, 3.05) is 0 Å². The smallest absolute Gasteiger partial charge is 0.271 e. The van der Waals surface area contributed by atoms with Crippen LogP contribution in [0.5, 0.6) is 0 Å². The molecule has 0 atom stereocenters. The lowest BCUT2D eigenvalue weighted by atomic mass is 10.3. The number of nitrogens with zero attached hydrogens (tertiary/aromatic N) is 4. The van der Waals surface area contributed by atoms with E-state index in [0.717, 1.165) is 16.6 Å². The maximum absolute atomic E-state index is 6.83. The third-order valence-corrected chi connectivity index (χ3v) is 2.02. The van der Waals surface area contributed by atoms with Gasteiger partial charge in [0.25, 0.3) is 5.82 Å². The molecule has 0 aliphatic heterocycles. The molecule has 0 unspecified atom stereocenters. The Hall–Kier alpha value is -1.89. The van der Waals surface area contributed by atoms with Gasteiger partial charge in [0.05, 0.1) is 16.6 Å². The summed E-state index contributed by atoms with van der Waals surface area (Å²) in [6.45, 7) is 8.76. The maximum Gasteiger partial charge on any atom is 0.271 e. The fraction of sp³-hybridized carbons (Fsp3) is 0.222. The summed E-state index contributed by atoms with van der Waals surface area (Å²) in [7, 11) is 1.86. The lowest BCUT2D eigenvalue weighted by Gasteiger charge is -1.92. The molecule has 2 heterocycles. The molecule has 0 saturated carbocycles. The zero-order chi connectivity index (χ0) is 9.42. The molecular weight excluding hydrogens is 164 g/mol. The first kappa shape index (κ1) is 7.74. The molecule has 0 N–H and O–H groups in total. The maximum atomic E-state index is 6.83. The molecule has 2 aromatic rings. The van der Waals surface area contributed by atoms with Crippen molar-refractivity contribution in [1.29, 1.82) is 0 Å². The van der Waals surface area contributed by atoms with Gasteiger partial charge < -0.3 is 4.85 Å².